The van der Waals surface area contributed by atoms with E-state index in [0.717, 1.165) is 24.8 Å². The first kappa shape index (κ1) is 20.7. The lowest BCUT2D eigenvalue weighted by molar-refractivity contribution is -0.123. The van der Waals surface area contributed by atoms with E-state index in [1.165, 1.54) is 5.56 Å². The molecule has 27 heavy (non-hydrogen) atoms. The zero-order chi connectivity index (χ0) is 19.6. The predicted octanol–water partition coefficient (Wildman–Crippen LogP) is 3.89. The maximum atomic E-state index is 12.5. The molecule has 0 bridgehead atoms. The molecule has 0 heterocycles. The fourth-order valence-electron chi connectivity index (χ4n) is 2.97. The van der Waals surface area contributed by atoms with Gasteiger partial charge in [-0.15, -0.1) is 0 Å². The van der Waals surface area contributed by atoms with E-state index < -0.39 is 6.04 Å². The number of nitrogens with one attached hydrogen (secondary N) is 2. The summed E-state index contributed by atoms with van der Waals surface area (Å²) in [6.45, 7) is 6.44. The highest BCUT2D eigenvalue weighted by Crippen LogP contribution is 2.08. The molecule has 1 atom stereocenters. The van der Waals surface area contributed by atoms with E-state index in [9.17, 15) is 9.59 Å². The van der Waals surface area contributed by atoms with Gasteiger partial charge in [-0.2, -0.15) is 0 Å². The number of hydrogen-bond donors (Lipinski definition) is 2. The lowest BCUT2D eigenvalue weighted by Crippen LogP contribution is -2.49. The lowest BCUT2D eigenvalue weighted by Gasteiger charge is -2.22. The van der Waals surface area contributed by atoms with E-state index in [2.05, 4.69) is 22.8 Å². The van der Waals surface area contributed by atoms with E-state index in [4.69, 9.17) is 0 Å². The summed E-state index contributed by atoms with van der Waals surface area (Å²) < 4.78 is 0. The van der Waals surface area contributed by atoms with Crippen molar-refractivity contribution in [3.05, 3.63) is 71.3 Å². The van der Waals surface area contributed by atoms with Crippen LogP contribution in [0.4, 0.5) is 0 Å². The van der Waals surface area contributed by atoms with Crippen molar-refractivity contribution in [2.45, 2.75) is 46.1 Å². The molecule has 144 valence electrons. The Hall–Kier alpha value is -2.62. The molecule has 4 heteroatoms. The number of carbonyl (C=O) groups is 2. The molecular weight excluding hydrogens is 336 g/mol. The molecule has 0 radical (unpaired) electrons. The van der Waals surface area contributed by atoms with Crippen molar-refractivity contribution < 1.29 is 9.59 Å². The van der Waals surface area contributed by atoms with Crippen molar-refractivity contribution in [3.63, 3.8) is 0 Å². The highest BCUT2D eigenvalue weighted by Gasteiger charge is 2.24. The van der Waals surface area contributed by atoms with Crippen LogP contribution in [0, 0.1) is 12.8 Å². The normalized spacial score (nSPS) is 11.9. The average Bonchev–Trinajstić information content (AvgIpc) is 2.66. The van der Waals surface area contributed by atoms with Crippen molar-refractivity contribution in [1.29, 1.82) is 0 Å². The van der Waals surface area contributed by atoms with E-state index >= 15 is 0 Å². The van der Waals surface area contributed by atoms with E-state index in [-0.39, 0.29) is 17.7 Å². The van der Waals surface area contributed by atoms with E-state index in [1.54, 1.807) is 6.07 Å². The Bertz CT molecular complexity index is 741. The van der Waals surface area contributed by atoms with Gasteiger partial charge in [-0.25, -0.2) is 0 Å². The van der Waals surface area contributed by atoms with Gasteiger partial charge >= 0.3 is 0 Å². The van der Waals surface area contributed by atoms with Crippen LogP contribution in [0.5, 0.6) is 0 Å². The van der Waals surface area contributed by atoms with Crippen LogP contribution in [0.1, 0.15) is 48.2 Å². The quantitative estimate of drug-likeness (QED) is 0.662. The molecule has 2 amide bonds. The number of amides is 2. The summed E-state index contributed by atoms with van der Waals surface area (Å²) in [6, 6.07) is 17.2. The molecule has 0 saturated heterocycles. The standard InChI is InChI=1S/C23H30N2O2/c1-17(2)21(25-22(26)20-14-9-10-18(3)16-20)23(27)24-15-8-7-13-19-11-5-4-6-12-19/h4-6,9-12,14,16-17,21H,7-8,13,15H2,1-3H3,(H,24,27)(H,25,26)/t21-/m0/s1. The van der Waals surface area contributed by atoms with Crippen LogP contribution in [-0.4, -0.2) is 24.4 Å². The van der Waals surface area contributed by atoms with Gasteiger partial charge in [0.25, 0.3) is 5.91 Å². The maximum Gasteiger partial charge on any atom is 0.251 e. The molecule has 2 rings (SSSR count). The second-order valence-corrected chi connectivity index (χ2v) is 7.30. The zero-order valence-electron chi connectivity index (χ0n) is 16.5. The van der Waals surface area contributed by atoms with Gasteiger partial charge in [-0.05, 0) is 49.8 Å². The Morgan fingerprint density at radius 3 is 2.37 bits per heavy atom. The van der Waals surface area contributed by atoms with Crippen LogP contribution in [-0.2, 0) is 11.2 Å². The Kier molecular flexibility index (Phi) is 8.05. The van der Waals surface area contributed by atoms with Crippen molar-refractivity contribution in [3.8, 4) is 0 Å². The molecule has 2 aromatic carbocycles. The first-order valence-electron chi connectivity index (χ1n) is 9.66. The van der Waals surface area contributed by atoms with Crippen LogP contribution in [0.15, 0.2) is 54.6 Å². The Balaban J connectivity index is 1.79. The highest BCUT2D eigenvalue weighted by atomic mass is 16.2. The number of unbranched alkanes of at least 4 members (excludes halogenated alkanes) is 1. The summed E-state index contributed by atoms with van der Waals surface area (Å²) >= 11 is 0. The highest BCUT2D eigenvalue weighted by molar-refractivity contribution is 5.97. The van der Waals surface area contributed by atoms with Gasteiger partial charge in [0, 0.05) is 12.1 Å². The second kappa shape index (κ2) is 10.5. The molecule has 0 aliphatic carbocycles. The molecule has 0 unspecified atom stereocenters. The molecular formula is C23H30N2O2. The summed E-state index contributed by atoms with van der Waals surface area (Å²) in [5.74, 6) is -0.314. The molecule has 0 aliphatic rings. The fraction of sp³-hybridized carbons (Fsp3) is 0.391. The Morgan fingerprint density at radius 1 is 0.963 bits per heavy atom. The number of aryl methyl sites for hydroxylation is 2. The van der Waals surface area contributed by atoms with Gasteiger partial charge in [0.1, 0.15) is 6.04 Å². The number of hydrogen-bond acceptors (Lipinski definition) is 2. The van der Waals surface area contributed by atoms with Crippen molar-refractivity contribution >= 4 is 11.8 Å². The van der Waals surface area contributed by atoms with Crippen molar-refractivity contribution in [2.75, 3.05) is 6.54 Å². The fourth-order valence-corrected chi connectivity index (χ4v) is 2.97. The van der Waals surface area contributed by atoms with Gasteiger partial charge < -0.3 is 10.6 Å². The molecule has 0 fully saturated rings. The first-order valence-corrected chi connectivity index (χ1v) is 9.66. The second-order valence-electron chi connectivity index (χ2n) is 7.30. The Labute approximate surface area is 162 Å². The third kappa shape index (κ3) is 6.89. The summed E-state index contributed by atoms with van der Waals surface area (Å²) in [5, 5.41) is 5.84. The number of carbonyl (C=O) groups excluding carboxylic acids is 2. The average molecular weight is 367 g/mol. The van der Waals surface area contributed by atoms with Crippen LogP contribution >= 0.6 is 0 Å². The first-order chi connectivity index (χ1) is 13.0. The van der Waals surface area contributed by atoms with Gasteiger partial charge in [0.2, 0.25) is 5.91 Å². The maximum absolute atomic E-state index is 12.5. The minimum absolute atomic E-state index is 0.0167. The van der Waals surface area contributed by atoms with Crippen LogP contribution in [0.2, 0.25) is 0 Å². The molecule has 0 aliphatic heterocycles. The third-order valence-electron chi connectivity index (χ3n) is 4.55. The summed E-state index contributed by atoms with van der Waals surface area (Å²) in [6.07, 6.45) is 2.94. The van der Waals surface area contributed by atoms with Crippen molar-refractivity contribution in [2.24, 2.45) is 5.92 Å². The minimum atomic E-state index is -0.535. The SMILES string of the molecule is Cc1cccc(C(=O)N[C@H](C(=O)NCCCCc2ccccc2)C(C)C)c1. The van der Waals surface area contributed by atoms with Crippen molar-refractivity contribution in [1.82, 2.24) is 10.6 Å². The van der Waals surface area contributed by atoms with Crippen LogP contribution in [0.3, 0.4) is 0 Å². The monoisotopic (exact) mass is 366 g/mol. The smallest absolute Gasteiger partial charge is 0.251 e. The van der Waals surface area contributed by atoms with Gasteiger partial charge in [-0.3, -0.25) is 9.59 Å². The van der Waals surface area contributed by atoms with E-state index in [1.807, 2.05) is 57.2 Å². The molecule has 2 N–H and O–H groups in total. The summed E-state index contributed by atoms with van der Waals surface area (Å²) in [4.78, 5) is 25.0. The van der Waals surface area contributed by atoms with Crippen LogP contribution in [0.25, 0.3) is 0 Å². The molecule has 0 aromatic heterocycles. The third-order valence-corrected chi connectivity index (χ3v) is 4.55. The van der Waals surface area contributed by atoms with Crippen LogP contribution < -0.4 is 10.6 Å². The number of benzene rings is 2. The Morgan fingerprint density at radius 2 is 1.70 bits per heavy atom. The van der Waals surface area contributed by atoms with Gasteiger partial charge in [0.15, 0.2) is 0 Å². The van der Waals surface area contributed by atoms with Gasteiger partial charge in [0.05, 0.1) is 0 Å². The molecule has 4 nitrogen and oxygen atoms in total. The predicted molar refractivity (Wildman–Crippen MR) is 110 cm³/mol. The molecule has 2 aromatic rings. The van der Waals surface area contributed by atoms with E-state index in [0.29, 0.717) is 12.1 Å². The van der Waals surface area contributed by atoms with Gasteiger partial charge in [-0.1, -0.05) is 61.9 Å². The minimum Gasteiger partial charge on any atom is -0.354 e. The zero-order valence-corrected chi connectivity index (χ0v) is 16.5. The molecule has 0 spiro atoms. The summed E-state index contributed by atoms with van der Waals surface area (Å²) in [5.41, 5.74) is 2.91. The number of rotatable bonds is 9. The molecule has 0 saturated carbocycles. The lowest BCUT2D eigenvalue weighted by atomic mass is 10.0. The topological polar surface area (TPSA) is 58.2 Å². The summed E-state index contributed by atoms with van der Waals surface area (Å²) in [7, 11) is 0. The largest absolute Gasteiger partial charge is 0.354 e.